The van der Waals surface area contributed by atoms with Gasteiger partial charge in [-0.2, -0.15) is 13.2 Å². The maximum absolute atomic E-state index is 13.6. The van der Waals surface area contributed by atoms with Crippen LogP contribution >= 0.6 is 0 Å². The lowest BCUT2D eigenvalue weighted by atomic mass is 9.78. The van der Waals surface area contributed by atoms with E-state index in [2.05, 4.69) is 4.72 Å². The first kappa shape index (κ1) is 22.2. The van der Waals surface area contributed by atoms with Gasteiger partial charge in [-0.05, 0) is 51.7 Å². The van der Waals surface area contributed by atoms with E-state index in [4.69, 9.17) is 9.31 Å². The Morgan fingerprint density at radius 2 is 1.67 bits per heavy atom. The monoisotopic (exact) mass is 407 g/mol. The number of hydrogen-bond acceptors (Lipinski definition) is 4. The standard InChI is InChI=1S/C17H25BF3NO4S/c1-6-7-10-22-27(23,24)14-9-8-12(11-13(14)17(19,20)21)18-25-15(2,3)16(4,5)26-18/h8-9,11,22H,6-7,10H2,1-5H3. The van der Waals surface area contributed by atoms with Gasteiger partial charge in [0, 0.05) is 6.54 Å². The van der Waals surface area contributed by atoms with Crippen LogP contribution in [-0.4, -0.2) is 33.3 Å². The minimum Gasteiger partial charge on any atom is -0.399 e. The lowest BCUT2D eigenvalue weighted by Crippen LogP contribution is -2.41. The van der Waals surface area contributed by atoms with E-state index in [1.807, 2.05) is 6.92 Å². The van der Waals surface area contributed by atoms with Crippen molar-refractivity contribution >= 4 is 22.6 Å². The zero-order valence-electron chi connectivity index (χ0n) is 16.1. The second kappa shape index (κ2) is 7.38. The zero-order chi connectivity index (χ0) is 20.7. The molecular formula is C17H25BF3NO4S. The van der Waals surface area contributed by atoms with E-state index < -0.39 is 45.0 Å². The minimum absolute atomic E-state index is 0.0785. The molecule has 5 nitrogen and oxygen atoms in total. The molecule has 1 aromatic rings. The molecule has 1 aromatic carbocycles. The summed E-state index contributed by atoms with van der Waals surface area (Å²) in [6.45, 7) is 9.08. The summed E-state index contributed by atoms with van der Waals surface area (Å²) >= 11 is 0. The number of hydrogen-bond donors (Lipinski definition) is 1. The Bertz CT molecular complexity index is 778. The first-order valence-corrected chi connectivity index (χ1v) is 10.3. The number of rotatable bonds is 6. The van der Waals surface area contributed by atoms with E-state index >= 15 is 0 Å². The molecule has 10 heteroatoms. The first-order valence-electron chi connectivity index (χ1n) is 8.78. The van der Waals surface area contributed by atoms with Crippen molar-refractivity contribution in [2.75, 3.05) is 6.54 Å². The van der Waals surface area contributed by atoms with Crippen LogP contribution in [-0.2, 0) is 25.5 Å². The number of nitrogens with one attached hydrogen (secondary N) is 1. The van der Waals surface area contributed by atoms with Crippen LogP contribution in [0, 0.1) is 0 Å². The smallest absolute Gasteiger partial charge is 0.399 e. The van der Waals surface area contributed by atoms with Crippen LogP contribution in [0.5, 0.6) is 0 Å². The second-order valence-corrected chi connectivity index (χ2v) is 9.33. The molecule has 0 aromatic heterocycles. The average molecular weight is 407 g/mol. The van der Waals surface area contributed by atoms with Gasteiger partial charge in [0.05, 0.1) is 21.7 Å². The predicted octanol–water partition coefficient (Wildman–Crippen LogP) is 3.08. The summed E-state index contributed by atoms with van der Waals surface area (Å²) in [5, 5.41) is 0. The normalized spacial score (nSPS) is 19.5. The molecule has 0 amide bonds. The summed E-state index contributed by atoms with van der Waals surface area (Å²) in [4.78, 5) is -0.800. The lowest BCUT2D eigenvalue weighted by Gasteiger charge is -2.32. The highest BCUT2D eigenvalue weighted by atomic mass is 32.2. The van der Waals surface area contributed by atoms with Crippen LogP contribution in [0.2, 0.25) is 0 Å². The van der Waals surface area contributed by atoms with Crippen molar-refractivity contribution < 1.29 is 30.9 Å². The van der Waals surface area contributed by atoms with Gasteiger partial charge in [0.2, 0.25) is 10.0 Å². The molecule has 2 rings (SSSR count). The summed E-state index contributed by atoms with van der Waals surface area (Å²) in [6, 6.07) is 3.04. The number of benzene rings is 1. The SMILES string of the molecule is CCCCNS(=O)(=O)c1ccc(B2OC(C)(C)C(C)(C)O2)cc1C(F)(F)F. The third-order valence-corrected chi connectivity index (χ3v) is 6.47. The van der Waals surface area contributed by atoms with Gasteiger partial charge >= 0.3 is 13.3 Å². The van der Waals surface area contributed by atoms with Crippen LogP contribution < -0.4 is 10.2 Å². The summed E-state index contributed by atoms with van der Waals surface area (Å²) in [7, 11) is -5.30. The highest BCUT2D eigenvalue weighted by Gasteiger charge is 2.52. The average Bonchev–Trinajstić information content (AvgIpc) is 2.74. The van der Waals surface area contributed by atoms with E-state index in [0.29, 0.717) is 6.42 Å². The summed E-state index contributed by atoms with van der Waals surface area (Å²) in [5.41, 5.74) is -2.56. The fraction of sp³-hybridized carbons (Fsp3) is 0.647. The third kappa shape index (κ3) is 4.67. The zero-order valence-corrected chi connectivity index (χ0v) is 16.9. The quantitative estimate of drug-likeness (QED) is 0.582. The molecule has 1 N–H and O–H groups in total. The van der Waals surface area contributed by atoms with Crippen LogP contribution in [0.15, 0.2) is 23.1 Å². The minimum atomic E-state index is -4.84. The fourth-order valence-electron chi connectivity index (χ4n) is 2.59. The first-order chi connectivity index (χ1) is 12.2. The molecular weight excluding hydrogens is 382 g/mol. The molecule has 0 radical (unpaired) electrons. The number of sulfonamides is 1. The van der Waals surface area contributed by atoms with Crippen LogP contribution in [0.3, 0.4) is 0 Å². The maximum atomic E-state index is 13.6. The molecule has 0 bridgehead atoms. The highest BCUT2D eigenvalue weighted by molar-refractivity contribution is 7.89. The Hall–Kier alpha value is -1.10. The van der Waals surface area contributed by atoms with Crippen LogP contribution in [0.4, 0.5) is 13.2 Å². The topological polar surface area (TPSA) is 64.6 Å². The van der Waals surface area contributed by atoms with Crippen LogP contribution in [0.25, 0.3) is 0 Å². The fourth-order valence-corrected chi connectivity index (χ4v) is 3.87. The van der Waals surface area contributed by atoms with Gasteiger partial charge in [0.15, 0.2) is 0 Å². The molecule has 1 fully saturated rings. The van der Waals surface area contributed by atoms with E-state index in [1.54, 1.807) is 27.7 Å². The molecule has 1 aliphatic rings. The van der Waals surface area contributed by atoms with Crippen molar-refractivity contribution in [1.29, 1.82) is 0 Å². The molecule has 0 saturated carbocycles. The number of unbranched alkanes of at least 4 members (excludes halogenated alkanes) is 1. The van der Waals surface area contributed by atoms with Gasteiger partial charge in [-0.3, -0.25) is 0 Å². The Morgan fingerprint density at radius 1 is 1.11 bits per heavy atom. The molecule has 0 aliphatic carbocycles. The Morgan fingerprint density at radius 3 is 2.15 bits per heavy atom. The van der Waals surface area contributed by atoms with E-state index in [-0.39, 0.29) is 12.0 Å². The number of alkyl halides is 3. The van der Waals surface area contributed by atoms with Crippen molar-refractivity contribution in [1.82, 2.24) is 4.72 Å². The predicted molar refractivity (Wildman–Crippen MR) is 97.3 cm³/mol. The van der Waals surface area contributed by atoms with Gasteiger partial charge in [-0.1, -0.05) is 19.4 Å². The van der Waals surface area contributed by atoms with Gasteiger partial charge < -0.3 is 9.31 Å². The van der Waals surface area contributed by atoms with E-state index in [9.17, 15) is 21.6 Å². The lowest BCUT2D eigenvalue weighted by molar-refractivity contribution is -0.139. The highest BCUT2D eigenvalue weighted by Crippen LogP contribution is 2.38. The van der Waals surface area contributed by atoms with Gasteiger partial charge in [0.1, 0.15) is 0 Å². The van der Waals surface area contributed by atoms with Crippen molar-refractivity contribution in [2.45, 2.75) is 69.7 Å². The number of halogens is 3. The van der Waals surface area contributed by atoms with Crippen molar-refractivity contribution in [3.8, 4) is 0 Å². The van der Waals surface area contributed by atoms with Crippen molar-refractivity contribution in [3.63, 3.8) is 0 Å². The molecule has 152 valence electrons. The Kier molecular flexibility index (Phi) is 6.07. The summed E-state index contributed by atoms with van der Waals surface area (Å²) < 4.78 is 79.1. The largest absolute Gasteiger partial charge is 0.494 e. The molecule has 0 atom stereocenters. The van der Waals surface area contributed by atoms with Gasteiger partial charge in [-0.15, -0.1) is 0 Å². The summed E-state index contributed by atoms with van der Waals surface area (Å²) in [6.07, 6.45) is -3.59. The Balaban J connectivity index is 2.43. The van der Waals surface area contributed by atoms with E-state index in [1.165, 1.54) is 6.07 Å². The molecule has 1 aliphatic heterocycles. The van der Waals surface area contributed by atoms with Crippen molar-refractivity contribution in [3.05, 3.63) is 23.8 Å². The molecule has 0 unspecified atom stereocenters. The molecule has 1 heterocycles. The molecule has 1 saturated heterocycles. The van der Waals surface area contributed by atoms with Gasteiger partial charge in [0.25, 0.3) is 0 Å². The summed E-state index contributed by atoms with van der Waals surface area (Å²) in [5.74, 6) is 0. The van der Waals surface area contributed by atoms with E-state index in [0.717, 1.165) is 18.6 Å². The van der Waals surface area contributed by atoms with Crippen LogP contribution in [0.1, 0.15) is 53.0 Å². The Labute approximate surface area is 158 Å². The van der Waals surface area contributed by atoms with Gasteiger partial charge in [-0.25, -0.2) is 13.1 Å². The second-order valence-electron chi connectivity index (χ2n) is 7.59. The molecule has 0 spiro atoms. The third-order valence-electron chi connectivity index (χ3n) is 4.95. The molecule has 27 heavy (non-hydrogen) atoms. The van der Waals surface area contributed by atoms with Crippen molar-refractivity contribution in [2.24, 2.45) is 0 Å². The maximum Gasteiger partial charge on any atom is 0.494 e.